The third-order valence-corrected chi connectivity index (χ3v) is 8.68. The van der Waals surface area contributed by atoms with Crippen LogP contribution in [0.5, 0.6) is 0 Å². The number of rotatable bonds is 8. The first-order chi connectivity index (χ1) is 14.6. The van der Waals surface area contributed by atoms with Gasteiger partial charge in [0.1, 0.15) is 0 Å². The summed E-state index contributed by atoms with van der Waals surface area (Å²) in [5.41, 5.74) is 0.102. The van der Waals surface area contributed by atoms with E-state index in [9.17, 15) is 9.59 Å². The van der Waals surface area contributed by atoms with Crippen LogP contribution in [0.3, 0.4) is 0 Å². The largest absolute Gasteiger partial charge is 0.476 e. The van der Waals surface area contributed by atoms with Crippen LogP contribution in [0.15, 0.2) is 9.72 Å². The third-order valence-electron chi connectivity index (χ3n) is 6.68. The SMILES string of the molecule is O=C(O)c1csc(SCCN2C(=O)CCC2CN2CCN(C3CCCCC3)CC2)n1. The highest BCUT2D eigenvalue weighted by Crippen LogP contribution is 2.26. The van der Waals surface area contributed by atoms with E-state index in [1.807, 2.05) is 4.90 Å². The second kappa shape index (κ2) is 10.4. The standard InChI is InChI=1S/C21H32N4O3S2/c26-19-7-6-17(25(19)12-13-29-21-22-18(15-30-21)20(27)28)14-23-8-10-24(11-9-23)16-4-2-1-3-5-16/h15-17H,1-14H2,(H,27,28). The molecule has 3 aliphatic rings. The predicted octanol–water partition coefficient (Wildman–Crippen LogP) is 2.87. The fraction of sp³-hybridized carbons (Fsp3) is 0.762. The Morgan fingerprint density at radius 1 is 1.17 bits per heavy atom. The molecule has 1 saturated carbocycles. The molecule has 0 spiro atoms. The Labute approximate surface area is 186 Å². The Morgan fingerprint density at radius 2 is 1.93 bits per heavy atom. The van der Waals surface area contributed by atoms with Crippen LogP contribution in [0.1, 0.15) is 55.4 Å². The summed E-state index contributed by atoms with van der Waals surface area (Å²) in [5, 5.41) is 10.6. The van der Waals surface area contributed by atoms with Crippen molar-refractivity contribution < 1.29 is 14.7 Å². The number of hydrogen-bond donors (Lipinski definition) is 1. The average Bonchev–Trinajstić information content (AvgIpc) is 3.37. The third kappa shape index (κ3) is 5.55. The summed E-state index contributed by atoms with van der Waals surface area (Å²) in [5.74, 6) is 0.0212. The molecule has 9 heteroatoms. The first-order valence-electron chi connectivity index (χ1n) is 11.2. The van der Waals surface area contributed by atoms with Gasteiger partial charge in [0, 0.05) is 68.9 Å². The molecule has 4 rings (SSSR count). The zero-order valence-electron chi connectivity index (χ0n) is 17.5. The Balaban J connectivity index is 1.21. The Bertz CT molecular complexity index is 730. The lowest BCUT2D eigenvalue weighted by molar-refractivity contribution is -0.128. The maximum Gasteiger partial charge on any atom is 0.355 e. The molecule has 1 aromatic heterocycles. The minimum Gasteiger partial charge on any atom is -0.476 e. The minimum atomic E-state index is -0.989. The molecule has 0 aromatic carbocycles. The summed E-state index contributed by atoms with van der Waals surface area (Å²) in [7, 11) is 0. The van der Waals surface area contributed by atoms with Crippen molar-refractivity contribution in [2.24, 2.45) is 0 Å². The van der Waals surface area contributed by atoms with Crippen LogP contribution in [-0.4, -0.2) is 93.8 Å². The van der Waals surface area contributed by atoms with Gasteiger partial charge in [-0.3, -0.25) is 14.6 Å². The molecule has 1 aliphatic carbocycles. The summed E-state index contributed by atoms with van der Waals surface area (Å²) < 4.78 is 0.759. The van der Waals surface area contributed by atoms with Crippen LogP contribution in [0.25, 0.3) is 0 Å². The van der Waals surface area contributed by atoms with E-state index in [1.54, 1.807) is 17.1 Å². The van der Waals surface area contributed by atoms with Crippen molar-refractivity contribution >= 4 is 35.0 Å². The Morgan fingerprint density at radius 3 is 2.63 bits per heavy atom. The lowest BCUT2D eigenvalue weighted by atomic mass is 9.94. The quantitative estimate of drug-likeness (QED) is 0.608. The molecule has 3 heterocycles. The minimum absolute atomic E-state index is 0.102. The highest BCUT2D eigenvalue weighted by atomic mass is 32.2. The Kier molecular flexibility index (Phi) is 7.67. The van der Waals surface area contributed by atoms with E-state index in [0.717, 1.165) is 55.3 Å². The smallest absolute Gasteiger partial charge is 0.355 e. The molecule has 2 aliphatic heterocycles. The van der Waals surface area contributed by atoms with E-state index in [2.05, 4.69) is 14.8 Å². The summed E-state index contributed by atoms with van der Waals surface area (Å²) in [6, 6.07) is 1.11. The molecular formula is C21H32N4O3S2. The molecule has 1 unspecified atom stereocenters. The molecule has 7 nitrogen and oxygen atoms in total. The number of thioether (sulfide) groups is 1. The normalized spacial score (nSPS) is 24.6. The highest BCUT2D eigenvalue weighted by Gasteiger charge is 2.33. The van der Waals surface area contributed by atoms with Gasteiger partial charge in [0.2, 0.25) is 5.91 Å². The number of carbonyl (C=O) groups excluding carboxylic acids is 1. The lowest BCUT2D eigenvalue weighted by Crippen LogP contribution is -2.53. The molecule has 3 fully saturated rings. The van der Waals surface area contributed by atoms with Crippen molar-refractivity contribution in [1.29, 1.82) is 0 Å². The van der Waals surface area contributed by atoms with Gasteiger partial charge in [-0.05, 0) is 19.3 Å². The molecule has 1 atom stereocenters. The van der Waals surface area contributed by atoms with Gasteiger partial charge in [-0.1, -0.05) is 31.0 Å². The second-order valence-corrected chi connectivity index (χ2v) is 10.8. The molecule has 0 bridgehead atoms. The number of hydrogen-bond acceptors (Lipinski definition) is 7. The molecular weight excluding hydrogens is 420 g/mol. The first-order valence-corrected chi connectivity index (χ1v) is 13.0. The van der Waals surface area contributed by atoms with Gasteiger partial charge in [0.25, 0.3) is 0 Å². The van der Waals surface area contributed by atoms with Crippen LogP contribution in [0.4, 0.5) is 0 Å². The monoisotopic (exact) mass is 452 g/mol. The van der Waals surface area contributed by atoms with E-state index < -0.39 is 5.97 Å². The average molecular weight is 453 g/mol. The number of likely N-dealkylation sites (tertiary alicyclic amines) is 1. The maximum atomic E-state index is 12.4. The van der Waals surface area contributed by atoms with Crippen LogP contribution in [0.2, 0.25) is 0 Å². The summed E-state index contributed by atoms with van der Waals surface area (Å²) in [6.45, 7) is 6.24. The zero-order chi connectivity index (χ0) is 20.9. The summed E-state index contributed by atoms with van der Waals surface area (Å²) in [6.07, 6.45) is 8.53. The summed E-state index contributed by atoms with van der Waals surface area (Å²) in [4.78, 5) is 34.8. The van der Waals surface area contributed by atoms with Gasteiger partial charge in [-0.15, -0.1) is 11.3 Å². The number of thiazole rings is 1. The highest BCUT2D eigenvalue weighted by molar-refractivity contribution is 8.01. The van der Waals surface area contributed by atoms with Gasteiger partial charge >= 0.3 is 5.97 Å². The number of nitrogens with zero attached hydrogens (tertiary/aromatic N) is 4. The molecule has 1 amide bonds. The van der Waals surface area contributed by atoms with E-state index in [4.69, 9.17) is 5.11 Å². The number of carbonyl (C=O) groups is 2. The van der Waals surface area contributed by atoms with Crippen LogP contribution in [0, 0.1) is 0 Å². The zero-order valence-corrected chi connectivity index (χ0v) is 19.1. The van der Waals surface area contributed by atoms with Gasteiger partial charge in [0.15, 0.2) is 10.0 Å². The number of amides is 1. The topological polar surface area (TPSA) is 77.0 Å². The van der Waals surface area contributed by atoms with E-state index >= 15 is 0 Å². The van der Waals surface area contributed by atoms with Crippen LogP contribution >= 0.6 is 23.1 Å². The van der Waals surface area contributed by atoms with E-state index in [0.29, 0.717) is 19.0 Å². The van der Waals surface area contributed by atoms with Crippen molar-refractivity contribution in [3.8, 4) is 0 Å². The predicted molar refractivity (Wildman–Crippen MR) is 119 cm³/mol. The molecule has 1 N–H and O–H groups in total. The number of carboxylic acid groups (broad SMARTS) is 1. The first kappa shape index (κ1) is 22.0. The number of aromatic carboxylic acids is 1. The van der Waals surface area contributed by atoms with Gasteiger partial charge in [-0.25, -0.2) is 9.78 Å². The molecule has 1 aromatic rings. The van der Waals surface area contributed by atoms with Gasteiger partial charge in [-0.2, -0.15) is 0 Å². The van der Waals surface area contributed by atoms with Crippen molar-refractivity contribution in [2.45, 2.75) is 61.4 Å². The van der Waals surface area contributed by atoms with Crippen molar-refractivity contribution in [3.05, 3.63) is 11.1 Å². The van der Waals surface area contributed by atoms with E-state index in [1.165, 1.54) is 43.4 Å². The molecule has 0 radical (unpaired) electrons. The summed E-state index contributed by atoms with van der Waals surface area (Å²) >= 11 is 2.90. The fourth-order valence-electron chi connectivity index (χ4n) is 5.00. The van der Waals surface area contributed by atoms with Crippen molar-refractivity contribution in [1.82, 2.24) is 19.7 Å². The molecule has 2 saturated heterocycles. The number of piperazine rings is 1. The van der Waals surface area contributed by atoms with Crippen molar-refractivity contribution in [3.63, 3.8) is 0 Å². The van der Waals surface area contributed by atoms with Gasteiger partial charge < -0.3 is 10.0 Å². The van der Waals surface area contributed by atoms with Crippen LogP contribution < -0.4 is 0 Å². The molecule has 30 heavy (non-hydrogen) atoms. The van der Waals surface area contributed by atoms with Crippen molar-refractivity contribution in [2.75, 3.05) is 45.0 Å². The molecule has 166 valence electrons. The van der Waals surface area contributed by atoms with E-state index in [-0.39, 0.29) is 11.6 Å². The fourth-order valence-corrected chi connectivity index (χ4v) is 6.81. The number of aromatic nitrogens is 1. The van der Waals surface area contributed by atoms with Gasteiger partial charge in [0.05, 0.1) is 0 Å². The second-order valence-electron chi connectivity index (χ2n) is 8.56. The van der Waals surface area contributed by atoms with Crippen LogP contribution in [-0.2, 0) is 4.79 Å². The maximum absolute atomic E-state index is 12.4. The lowest BCUT2D eigenvalue weighted by Gasteiger charge is -2.42. The number of carboxylic acids is 1. The Hall–Kier alpha value is -1.16.